The first-order chi connectivity index (χ1) is 11.9. The number of aromatic nitrogens is 2. The molecule has 4 rings (SSSR count). The van der Waals surface area contributed by atoms with E-state index in [2.05, 4.69) is 28.7 Å². The van der Waals surface area contributed by atoms with Gasteiger partial charge in [0, 0.05) is 42.2 Å². The quantitative estimate of drug-likeness (QED) is 0.765. The normalized spacial score (nSPS) is 27.8. The highest BCUT2D eigenvalue weighted by atomic mass is 32.1. The molecular formula is C18H25N5OS. The zero-order valence-electron chi connectivity index (χ0n) is 14.9. The van der Waals surface area contributed by atoms with Gasteiger partial charge < -0.3 is 16.4 Å². The third-order valence-electron chi connectivity index (χ3n) is 5.26. The number of thiophene rings is 1. The molecule has 2 aromatic rings. The number of hydrogen-bond acceptors (Lipinski definition) is 5. The lowest BCUT2D eigenvalue weighted by Gasteiger charge is -2.33. The number of carbonyl (C=O) groups excluding carboxylic acids is 1. The fourth-order valence-electron chi connectivity index (χ4n) is 3.71. The summed E-state index contributed by atoms with van der Waals surface area (Å²) in [6.45, 7) is 4.01. The zero-order chi connectivity index (χ0) is 17.7. The number of carbonyl (C=O) groups is 1. The van der Waals surface area contributed by atoms with Crippen LogP contribution in [-0.4, -0.2) is 33.8 Å². The highest BCUT2D eigenvalue weighted by molar-refractivity contribution is 7.14. The molecule has 2 heterocycles. The first kappa shape index (κ1) is 16.8. The van der Waals surface area contributed by atoms with E-state index in [-0.39, 0.29) is 5.91 Å². The predicted octanol–water partition coefficient (Wildman–Crippen LogP) is 2.29. The molecule has 0 radical (unpaired) electrons. The number of rotatable bonds is 5. The van der Waals surface area contributed by atoms with Gasteiger partial charge in [-0.05, 0) is 44.7 Å². The summed E-state index contributed by atoms with van der Waals surface area (Å²) in [7, 11) is 1.85. The van der Waals surface area contributed by atoms with Gasteiger partial charge in [-0.2, -0.15) is 5.10 Å². The van der Waals surface area contributed by atoms with Crippen LogP contribution in [0.4, 0.5) is 5.69 Å². The van der Waals surface area contributed by atoms with E-state index >= 15 is 0 Å². The van der Waals surface area contributed by atoms with Crippen molar-refractivity contribution in [2.75, 3.05) is 5.32 Å². The van der Waals surface area contributed by atoms with Crippen molar-refractivity contribution >= 4 is 22.9 Å². The second-order valence-electron chi connectivity index (χ2n) is 7.42. The number of hydrogen-bond donors (Lipinski definition) is 3. The molecule has 7 heteroatoms. The summed E-state index contributed by atoms with van der Waals surface area (Å²) >= 11 is 1.58. The maximum atomic E-state index is 12.6. The van der Waals surface area contributed by atoms with Crippen LogP contribution >= 0.6 is 11.3 Å². The average molecular weight is 359 g/mol. The van der Waals surface area contributed by atoms with Gasteiger partial charge in [0.2, 0.25) is 0 Å². The molecule has 2 aliphatic carbocycles. The lowest BCUT2D eigenvalue weighted by atomic mass is 9.87. The number of anilines is 1. The number of amides is 1. The Balaban J connectivity index is 1.40. The minimum absolute atomic E-state index is 0.0504. The fourth-order valence-corrected chi connectivity index (χ4v) is 4.69. The minimum Gasteiger partial charge on any atom is -0.328 e. The van der Waals surface area contributed by atoms with Crippen LogP contribution in [0.3, 0.4) is 0 Å². The molecule has 2 unspecified atom stereocenters. The van der Waals surface area contributed by atoms with Crippen LogP contribution in [0.2, 0.25) is 0 Å². The summed E-state index contributed by atoms with van der Waals surface area (Å²) in [5.74, 6) is 0.486. The van der Waals surface area contributed by atoms with Gasteiger partial charge in [0.15, 0.2) is 0 Å². The van der Waals surface area contributed by atoms with Gasteiger partial charge in [-0.15, -0.1) is 11.3 Å². The van der Waals surface area contributed by atoms with Gasteiger partial charge >= 0.3 is 0 Å². The molecule has 134 valence electrons. The number of nitrogens with one attached hydrogen (secondary N) is 2. The average Bonchev–Trinajstić information content (AvgIpc) is 3.04. The van der Waals surface area contributed by atoms with E-state index < -0.39 is 0 Å². The summed E-state index contributed by atoms with van der Waals surface area (Å²) in [6.07, 6.45) is 5.17. The maximum absolute atomic E-state index is 12.6. The topological polar surface area (TPSA) is 85.0 Å². The Morgan fingerprint density at radius 3 is 2.76 bits per heavy atom. The lowest BCUT2D eigenvalue weighted by Crippen LogP contribution is -2.49. The number of nitrogens with two attached hydrogens (primary N) is 1. The number of nitrogens with zero attached hydrogens (tertiary/aromatic N) is 2. The summed E-state index contributed by atoms with van der Waals surface area (Å²) in [6, 6.07) is 3.58. The number of aryl methyl sites for hydroxylation is 3. The van der Waals surface area contributed by atoms with Crippen molar-refractivity contribution in [2.24, 2.45) is 12.8 Å². The Hall–Kier alpha value is -1.70. The van der Waals surface area contributed by atoms with Crippen LogP contribution < -0.4 is 16.4 Å². The van der Waals surface area contributed by atoms with E-state index in [1.807, 2.05) is 20.2 Å². The zero-order valence-corrected chi connectivity index (χ0v) is 15.7. The molecule has 0 spiro atoms. The van der Waals surface area contributed by atoms with Crippen molar-refractivity contribution in [1.82, 2.24) is 15.1 Å². The van der Waals surface area contributed by atoms with Crippen LogP contribution in [0.15, 0.2) is 12.3 Å². The van der Waals surface area contributed by atoms with E-state index in [0.717, 1.165) is 35.5 Å². The summed E-state index contributed by atoms with van der Waals surface area (Å²) < 4.78 is 1.71. The van der Waals surface area contributed by atoms with Crippen molar-refractivity contribution in [3.8, 4) is 0 Å². The molecule has 0 aromatic carbocycles. The third-order valence-corrected chi connectivity index (χ3v) is 6.32. The molecule has 2 aromatic heterocycles. The van der Waals surface area contributed by atoms with Gasteiger partial charge in [0.25, 0.3) is 5.91 Å². The SMILES string of the molecule is Cc1nn(C)cc1NC(=O)c1cc(C2CC2NC2CC(N)C2)c(C)s1. The van der Waals surface area contributed by atoms with Gasteiger partial charge in [-0.3, -0.25) is 9.48 Å². The predicted molar refractivity (Wildman–Crippen MR) is 100 cm³/mol. The molecule has 25 heavy (non-hydrogen) atoms. The minimum atomic E-state index is -0.0504. The van der Waals surface area contributed by atoms with Gasteiger partial charge in [-0.25, -0.2) is 0 Å². The van der Waals surface area contributed by atoms with Crippen molar-refractivity contribution in [2.45, 2.75) is 57.2 Å². The monoisotopic (exact) mass is 359 g/mol. The third kappa shape index (κ3) is 3.36. The van der Waals surface area contributed by atoms with E-state index in [1.54, 1.807) is 16.0 Å². The van der Waals surface area contributed by atoms with Crippen molar-refractivity contribution in [3.63, 3.8) is 0 Å². The highest BCUT2D eigenvalue weighted by Crippen LogP contribution is 2.45. The molecule has 2 saturated carbocycles. The Morgan fingerprint density at radius 2 is 2.12 bits per heavy atom. The van der Waals surface area contributed by atoms with Gasteiger partial charge in [-0.1, -0.05) is 0 Å². The second-order valence-corrected chi connectivity index (χ2v) is 8.68. The molecule has 4 N–H and O–H groups in total. The van der Waals surface area contributed by atoms with Crippen molar-refractivity contribution < 1.29 is 4.79 Å². The maximum Gasteiger partial charge on any atom is 0.265 e. The lowest BCUT2D eigenvalue weighted by molar-refractivity contribution is 0.103. The standard InChI is InChI=1S/C18H25N5OS/c1-9-16(8-23(3)22-9)21-18(24)17-7-13(10(2)25-17)14-6-15(14)20-12-4-11(19)5-12/h7-8,11-12,14-15,20H,4-6,19H2,1-3H3,(H,21,24). The smallest absolute Gasteiger partial charge is 0.265 e. The van der Waals surface area contributed by atoms with Crippen LogP contribution in [0.1, 0.15) is 51.0 Å². The Morgan fingerprint density at radius 1 is 1.36 bits per heavy atom. The van der Waals surface area contributed by atoms with Crippen LogP contribution in [0, 0.1) is 13.8 Å². The first-order valence-electron chi connectivity index (χ1n) is 8.84. The first-order valence-corrected chi connectivity index (χ1v) is 9.66. The molecule has 2 aliphatic rings. The van der Waals surface area contributed by atoms with E-state index in [0.29, 0.717) is 24.0 Å². The molecule has 0 saturated heterocycles. The molecule has 1 amide bonds. The molecule has 0 aliphatic heterocycles. The van der Waals surface area contributed by atoms with Gasteiger partial charge in [0.05, 0.1) is 16.3 Å². The largest absolute Gasteiger partial charge is 0.328 e. The second kappa shape index (κ2) is 6.23. The molecule has 6 nitrogen and oxygen atoms in total. The van der Waals surface area contributed by atoms with Gasteiger partial charge in [0.1, 0.15) is 0 Å². The summed E-state index contributed by atoms with van der Waals surface area (Å²) in [5, 5.41) is 10.9. The molecule has 2 fully saturated rings. The Labute approximate surface area is 151 Å². The summed E-state index contributed by atoms with van der Waals surface area (Å²) in [4.78, 5) is 14.6. The van der Waals surface area contributed by atoms with E-state index in [4.69, 9.17) is 5.73 Å². The van der Waals surface area contributed by atoms with Crippen molar-refractivity contribution in [3.05, 3.63) is 33.3 Å². The van der Waals surface area contributed by atoms with Crippen LogP contribution in [0.25, 0.3) is 0 Å². The van der Waals surface area contributed by atoms with Crippen molar-refractivity contribution in [1.29, 1.82) is 0 Å². The Kier molecular flexibility index (Phi) is 4.17. The van der Waals surface area contributed by atoms with Crippen LogP contribution in [0.5, 0.6) is 0 Å². The molecule has 2 atom stereocenters. The molecule has 0 bridgehead atoms. The van der Waals surface area contributed by atoms with E-state index in [1.165, 1.54) is 10.4 Å². The summed E-state index contributed by atoms with van der Waals surface area (Å²) in [5.41, 5.74) is 8.78. The highest BCUT2D eigenvalue weighted by Gasteiger charge is 2.42. The Bertz CT molecular complexity index is 804. The van der Waals surface area contributed by atoms with E-state index in [9.17, 15) is 4.79 Å². The fraction of sp³-hybridized carbons (Fsp3) is 0.556. The van der Waals surface area contributed by atoms with Crippen LogP contribution in [-0.2, 0) is 7.05 Å². The molecular weight excluding hydrogens is 334 g/mol.